The van der Waals surface area contributed by atoms with Crippen molar-refractivity contribution in [2.75, 3.05) is 0 Å². The Labute approximate surface area is 157 Å². The molecule has 1 fully saturated rings. The molecule has 0 unspecified atom stereocenters. The predicted molar refractivity (Wildman–Crippen MR) is 101 cm³/mol. The summed E-state index contributed by atoms with van der Waals surface area (Å²) in [5.74, 6) is -0.105. The Morgan fingerprint density at radius 2 is 2.07 bits per heavy atom. The number of hydrogen-bond acceptors (Lipinski definition) is 6. The molecule has 0 aliphatic heterocycles. The molecule has 4 aromatic rings. The predicted octanol–water partition coefficient (Wildman–Crippen LogP) is 0.435. The molecule has 3 aromatic heterocycles. The molecule has 3 heterocycles. The van der Waals surface area contributed by atoms with Gasteiger partial charge in [0, 0.05) is 16.8 Å². The Hall–Kier alpha value is -3.88. The highest BCUT2D eigenvalue weighted by molar-refractivity contribution is 5.64. The molecular formula is C19H16N6O3. The van der Waals surface area contributed by atoms with Crippen molar-refractivity contribution in [3.8, 4) is 22.9 Å². The molecule has 0 saturated heterocycles. The smallest absolute Gasteiger partial charge is 0.326 e. The molecule has 140 valence electrons. The Morgan fingerprint density at radius 3 is 2.79 bits per heavy atom. The second-order valence-corrected chi connectivity index (χ2v) is 6.73. The zero-order valence-corrected chi connectivity index (χ0v) is 14.6. The van der Waals surface area contributed by atoms with E-state index in [-0.39, 0.29) is 23.4 Å². The molecule has 0 amide bonds. The third-order valence-corrected chi connectivity index (χ3v) is 4.52. The number of nitrogens with one attached hydrogen (secondary N) is 2. The number of hydrogen-bond donors (Lipinski definition) is 4. The molecule has 9 nitrogen and oxygen atoms in total. The Morgan fingerprint density at radius 1 is 1.21 bits per heavy atom. The van der Waals surface area contributed by atoms with Crippen molar-refractivity contribution >= 4 is 11.7 Å². The SMILES string of the molecule is O=c1[nH]c(O)c(/C=c2\cnn3c(=NC4CC4)cc(-c4cccc(O)c4)nc23)[nH]1. The van der Waals surface area contributed by atoms with Crippen molar-refractivity contribution in [1.82, 2.24) is 24.6 Å². The van der Waals surface area contributed by atoms with Crippen LogP contribution >= 0.6 is 0 Å². The summed E-state index contributed by atoms with van der Waals surface area (Å²) in [5, 5.41) is 24.6. The van der Waals surface area contributed by atoms with Crippen molar-refractivity contribution in [3.63, 3.8) is 0 Å². The zero-order valence-electron chi connectivity index (χ0n) is 14.6. The van der Waals surface area contributed by atoms with E-state index in [4.69, 9.17) is 4.99 Å². The number of H-pyrrole nitrogens is 2. The minimum Gasteiger partial charge on any atom is -0.508 e. The van der Waals surface area contributed by atoms with Gasteiger partial charge in [-0.3, -0.25) is 9.98 Å². The van der Waals surface area contributed by atoms with Gasteiger partial charge in [-0.15, -0.1) is 0 Å². The maximum atomic E-state index is 11.4. The molecule has 1 aliphatic carbocycles. The van der Waals surface area contributed by atoms with Crippen molar-refractivity contribution in [1.29, 1.82) is 0 Å². The highest BCUT2D eigenvalue weighted by atomic mass is 16.3. The first-order chi connectivity index (χ1) is 13.6. The first kappa shape index (κ1) is 16.3. The fourth-order valence-corrected chi connectivity index (χ4v) is 3.01. The Kier molecular flexibility index (Phi) is 3.54. The van der Waals surface area contributed by atoms with Gasteiger partial charge in [0.2, 0.25) is 5.88 Å². The highest BCUT2D eigenvalue weighted by Gasteiger charge is 2.20. The Bertz CT molecular complexity index is 1380. The first-order valence-electron chi connectivity index (χ1n) is 8.82. The Balaban J connectivity index is 1.79. The normalized spacial score (nSPS) is 15.6. The van der Waals surface area contributed by atoms with Gasteiger partial charge in [-0.05, 0) is 31.1 Å². The summed E-state index contributed by atoms with van der Waals surface area (Å²) in [6.45, 7) is 0. The van der Waals surface area contributed by atoms with E-state index in [1.54, 1.807) is 35.0 Å². The lowest BCUT2D eigenvalue weighted by atomic mass is 10.1. The average molecular weight is 376 g/mol. The number of rotatable bonds is 3. The third kappa shape index (κ3) is 2.92. The van der Waals surface area contributed by atoms with Crippen LogP contribution in [0.1, 0.15) is 18.5 Å². The molecular weight excluding hydrogens is 360 g/mol. The highest BCUT2D eigenvalue weighted by Crippen LogP contribution is 2.23. The van der Waals surface area contributed by atoms with Crippen LogP contribution in [-0.4, -0.2) is 40.8 Å². The number of phenolic OH excluding ortho intramolecular Hbond substituents is 1. The van der Waals surface area contributed by atoms with Gasteiger partial charge < -0.3 is 15.2 Å². The number of nitrogens with zero attached hydrogens (tertiary/aromatic N) is 4. The molecule has 9 heteroatoms. The monoisotopic (exact) mass is 376 g/mol. The summed E-state index contributed by atoms with van der Waals surface area (Å²) in [4.78, 5) is 25.6. The van der Waals surface area contributed by atoms with Gasteiger partial charge in [-0.2, -0.15) is 9.61 Å². The molecule has 5 rings (SSSR count). The van der Waals surface area contributed by atoms with Gasteiger partial charge in [0.15, 0.2) is 11.1 Å². The molecule has 1 saturated carbocycles. The molecule has 0 spiro atoms. The van der Waals surface area contributed by atoms with Crippen molar-refractivity contribution in [2.45, 2.75) is 18.9 Å². The maximum absolute atomic E-state index is 11.4. The summed E-state index contributed by atoms with van der Waals surface area (Å²) in [5.41, 5.74) is 2.33. The van der Waals surface area contributed by atoms with Crippen LogP contribution in [0.5, 0.6) is 11.6 Å². The van der Waals surface area contributed by atoms with Crippen LogP contribution in [0.3, 0.4) is 0 Å². The fourth-order valence-electron chi connectivity index (χ4n) is 3.01. The van der Waals surface area contributed by atoms with Crippen LogP contribution in [0.4, 0.5) is 0 Å². The van der Waals surface area contributed by atoms with Crippen LogP contribution in [0, 0.1) is 0 Å². The zero-order chi connectivity index (χ0) is 19.3. The van der Waals surface area contributed by atoms with Gasteiger partial charge >= 0.3 is 5.69 Å². The van der Waals surface area contributed by atoms with Crippen LogP contribution in [0.2, 0.25) is 0 Å². The lowest BCUT2D eigenvalue weighted by Crippen LogP contribution is -2.19. The molecule has 1 aromatic carbocycles. The summed E-state index contributed by atoms with van der Waals surface area (Å²) in [7, 11) is 0. The van der Waals surface area contributed by atoms with E-state index in [9.17, 15) is 15.0 Å². The van der Waals surface area contributed by atoms with E-state index in [1.165, 1.54) is 0 Å². The summed E-state index contributed by atoms with van der Waals surface area (Å²) >= 11 is 0. The summed E-state index contributed by atoms with van der Waals surface area (Å²) in [6.07, 6.45) is 5.29. The van der Waals surface area contributed by atoms with E-state index in [0.717, 1.165) is 18.4 Å². The summed E-state index contributed by atoms with van der Waals surface area (Å²) < 4.78 is 1.64. The fraction of sp³-hybridized carbons (Fsp3) is 0.158. The van der Waals surface area contributed by atoms with Gasteiger partial charge in [0.25, 0.3) is 0 Å². The number of aromatic hydroxyl groups is 2. The second kappa shape index (κ2) is 6.08. The van der Waals surface area contributed by atoms with E-state index < -0.39 is 5.69 Å². The van der Waals surface area contributed by atoms with Crippen molar-refractivity contribution in [2.24, 2.45) is 4.99 Å². The van der Waals surface area contributed by atoms with E-state index in [1.807, 2.05) is 12.1 Å². The van der Waals surface area contributed by atoms with E-state index >= 15 is 0 Å². The molecule has 0 bridgehead atoms. The standard InChI is InChI=1S/C19H16N6O3/c26-13-3-1-2-10(6-13)14-8-16(21-12-4-5-12)25-17(22-14)11(9-20-25)7-15-18(27)24-19(28)23-15/h1-3,6-9,12,26-27H,4-5H2,(H2,23,24,28)/b11-7+,21-16?. The van der Waals surface area contributed by atoms with Crippen molar-refractivity contribution < 1.29 is 10.2 Å². The number of fused-ring (bicyclic) bond motifs is 1. The van der Waals surface area contributed by atoms with Crippen molar-refractivity contribution in [3.05, 3.63) is 63.4 Å². The quantitative estimate of drug-likeness (QED) is 0.412. The number of benzene rings is 1. The molecule has 28 heavy (non-hydrogen) atoms. The average Bonchev–Trinajstić information content (AvgIpc) is 3.30. The molecule has 0 radical (unpaired) electrons. The van der Waals surface area contributed by atoms with Gasteiger partial charge in [-0.25, -0.2) is 9.78 Å². The molecule has 0 atom stereocenters. The van der Waals surface area contributed by atoms with Crippen LogP contribution in [0.25, 0.3) is 23.0 Å². The topological polar surface area (TPSA) is 132 Å². The molecule has 1 aliphatic rings. The maximum Gasteiger partial charge on any atom is 0.326 e. The lowest BCUT2D eigenvalue weighted by Gasteiger charge is -2.03. The van der Waals surface area contributed by atoms with E-state index in [2.05, 4.69) is 20.1 Å². The molecule has 4 N–H and O–H groups in total. The largest absolute Gasteiger partial charge is 0.508 e. The second-order valence-electron chi connectivity index (χ2n) is 6.73. The van der Waals surface area contributed by atoms with Crippen LogP contribution < -0.4 is 16.4 Å². The minimum atomic E-state index is -0.502. The van der Waals surface area contributed by atoms with E-state index in [0.29, 0.717) is 22.0 Å². The third-order valence-electron chi connectivity index (χ3n) is 4.52. The number of imidazole rings is 1. The minimum absolute atomic E-state index is 0.148. The van der Waals surface area contributed by atoms with Gasteiger partial charge in [0.1, 0.15) is 11.4 Å². The van der Waals surface area contributed by atoms with Gasteiger partial charge in [-0.1, -0.05) is 12.1 Å². The number of aromatic nitrogens is 5. The summed E-state index contributed by atoms with van der Waals surface area (Å²) in [6, 6.07) is 8.96. The first-order valence-corrected chi connectivity index (χ1v) is 8.82. The number of phenols is 1. The lowest BCUT2D eigenvalue weighted by molar-refractivity contribution is 0.454. The van der Waals surface area contributed by atoms with Crippen LogP contribution in [0.15, 0.2) is 46.3 Å². The van der Waals surface area contributed by atoms with Gasteiger partial charge in [0.05, 0.1) is 17.9 Å². The van der Waals surface area contributed by atoms with Crippen LogP contribution in [-0.2, 0) is 0 Å². The number of aromatic amines is 2.